The van der Waals surface area contributed by atoms with E-state index in [9.17, 15) is 4.79 Å². The van der Waals surface area contributed by atoms with E-state index in [0.717, 1.165) is 11.1 Å². The lowest BCUT2D eigenvalue weighted by Crippen LogP contribution is -2.61. The number of rotatable bonds is 6. The number of carbonyl (C=O) groups excluding carboxylic acids is 1. The molecule has 0 saturated carbocycles. The van der Waals surface area contributed by atoms with Gasteiger partial charge in [-0.3, -0.25) is 9.69 Å². The lowest BCUT2D eigenvalue weighted by molar-refractivity contribution is -0.135. The second-order valence-electron chi connectivity index (χ2n) is 7.17. The van der Waals surface area contributed by atoms with Crippen molar-refractivity contribution in [1.82, 2.24) is 0 Å². The molecule has 0 radical (unpaired) electrons. The zero-order valence-corrected chi connectivity index (χ0v) is 18.8. The Labute approximate surface area is 191 Å². The molecule has 0 spiro atoms. The average molecular weight is 458 g/mol. The Morgan fingerprint density at radius 3 is 2.26 bits per heavy atom. The van der Waals surface area contributed by atoms with Gasteiger partial charge in [-0.05, 0) is 60.5 Å². The lowest BCUT2D eigenvalue weighted by atomic mass is 9.89. The molecule has 160 valence electrons. The molecule has 4 rings (SSSR count). The van der Waals surface area contributed by atoms with E-state index in [-0.39, 0.29) is 5.91 Å². The Morgan fingerprint density at radius 2 is 1.58 bits per heavy atom. The van der Waals surface area contributed by atoms with Gasteiger partial charge in [0.05, 0.1) is 24.9 Å². The summed E-state index contributed by atoms with van der Waals surface area (Å²) in [6.45, 7) is 1.89. The van der Waals surface area contributed by atoms with Gasteiger partial charge < -0.3 is 14.2 Å². The van der Waals surface area contributed by atoms with Crippen LogP contribution in [0.4, 0.5) is 5.69 Å². The van der Waals surface area contributed by atoms with Gasteiger partial charge in [0.1, 0.15) is 11.8 Å². The molecule has 5 nitrogen and oxygen atoms in total. The number of aryl methyl sites for hydroxylation is 1. The fourth-order valence-corrected chi connectivity index (χ4v) is 4.19. The van der Waals surface area contributed by atoms with Crippen LogP contribution in [0.2, 0.25) is 10.0 Å². The number of amides is 1. The summed E-state index contributed by atoms with van der Waals surface area (Å²) in [6.07, 6.45) is -0.728. The van der Waals surface area contributed by atoms with E-state index in [1.54, 1.807) is 43.4 Å². The summed E-state index contributed by atoms with van der Waals surface area (Å²) in [6, 6.07) is 17.7. The van der Waals surface area contributed by atoms with Crippen LogP contribution in [-0.2, 0) is 4.79 Å². The molecular formula is C24H21Cl2NO4. The monoisotopic (exact) mass is 457 g/mol. The fraction of sp³-hybridized carbons (Fsp3) is 0.208. The maximum atomic E-state index is 13.2. The third-order valence-corrected chi connectivity index (χ3v) is 5.85. The number of nitrogens with zero attached hydrogens (tertiary/aromatic N) is 1. The summed E-state index contributed by atoms with van der Waals surface area (Å²) in [4.78, 5) is 14.9. The number of anilines is 1. The maximum absolute atomic E-state index is 13.2. The zero-order valence-electron chi connectivity index (χ0n) is 17.3. The van der Waals surface area contributed by atoms with Crippen molar-refractivity contribution in [3.8, 4) is 17.2 Å². The van der Waals surface area contributed by atoms with Crippen molar-refractivity contribution in [3.63, 3.8) is 0 Å². The van der Waals surface area contributed by atoms with Gasteiger partial charge in [0, 0.05) is 5.02 Å². The third-order valence-electron chi connectivity index (χ3n) is 5.30. The summed E-state index contributed by atoms with van der Waals surface area (Å²) in [7, 11) is 3.15. The number of hydrogen-bond acceptors (Lipinski definition) is 4. The number of halogens is 2. The average Bonchev–Trinajstić information content (AvgIpc) is 2.77. The summed E-state index contributed by atoms with van der Waals surface area (Å²) < 4.78 is 17.0. The Balaban J connectivity index is 1.76. The van der Waals surface area contributed by atoms with Gasteiger partial charge in [0.15, 0.2) is 11.5 Å². The van der Waals surface area contributed by atoms with Gasteiger partial charge in [-0.25, -0.2) is 0 Å². The van der Waals surface area contributed by atoms with Crippen LogP contribution >= 0.6 is 23.2 Å². The van der Waals surface area contributed by atoms with E-state index < -0.39 is 12.1 Å². The summed E-state index contributed by atoms with van der Waals surface area (Å²) in [5, 5.41) is 1.10. The molecule has 7 heteroatoms. The van der Waals surface area contributed by atoms with Gasteiger partial charge in [-0.1, -0.05) is 41.4 Å². The molecule has 0 aromatic heterocycles. The minimum absolute atomic E-state index is 0.178. The van der Waals surface area contributed by atoms with E-state index >= 15 is 0 Å². The lowest BCUT2D eigenvalue weighted by Gasteiger charge is -2.47. The Bertz CT molecular complexity index is 1130. The van der Waals surface area contributed by atoms with Crippen molar-refractivity contribution < 1.29 is 19.0 Å². The van der Waals surface area contributed by atoms with Crippen LogP contribution in [0.25, 0.3) is 0 Å². The number of para-hydroxylation sites is 1. The van der Waals surface area contributed by atoms with Crippen molar-refractivity contribution in [2.45, 2.75) is 19.1 Å². The topological polar surface area (TPSA) is 48.0 Å². The highest BCUT2D eigenvalue weighted by molar-refractivity contribution is 6.34. The van der Waals surface area contributed by atoms with Crippen LogP contribution in [-0.4, -0.2) is 26.2 Å². The minimum Gasteiger partial charge on any atom is -0.493 e. The van der Waals surface area contributed by atoms with Gasteiger partial charge in [0.2, 0.25) is 6.10 Å². The molecule has 3 aromatic carbocycles. The Morgan fingerprint density at radius 1 is 0.871 bits per heavy atom. The normalized spacial score (nSPS) is 17.8. The number of ether oxygens (including phenoxy) is 3. The molecule has 1 aliphatic heterocycles. The van der Waals surface area contributed by atoms with E-state index in [1.165, 1.54) is 0 Å². The fourth-order valence-electron chi connectivity index (χ4n) is 3.74. The van der Waals surface area contributed by atoms with E-state index in [2.05, 4.69) is 0 Å². The molecule has 3 aromatic rings. The largest absolute Gasteiger partial charge is 0.493 e. The summed E-state index contributed by atoms with van der Waals surface area (Å²) in [5.74, 6) is 1.60. The zero-order chi connectivity index (χ0) is 22.1. The van der Waals surface area contributed by atoms with Crippen LogP contribution in [0, 0.1) is 6.92 Å². The van der Waals surface area contributed by atoms with Gasteiger partial charge >= 0.3 is 0 Å². The van der Waals surface area contributed by atoms with E-state index in [1.807, 2.05) is 43.3 Å². The number of β-lactam (4-membered cyclic amide) rings is 1. The third kappa shape index (κ3) is 3.91. The number of carbonyl (C=O) groups is 1. The molecule has 2 atom stereocenters. The maximum Gasteiger partial charge on any atom is 0.271 e. The first-order valence-electron chi connectivity index (χ1n) is 9.67. The first-order valence-corrected chi connectivity index (χ1v) is 10.4. The molecular weight excluding hydrogens is 437 g/mol. The van der Waals surface area contributed by atoms with Crippen LogP contribution in [0.5, 0.6) is 17.2 Å². The van der Waals surface area contributed by atoms with Crippen LogP contribution < -0.4 is 19.1 Å². The van der Waals surface area contributed by atoms with Crippen LogP contribution in [0.15, 0.2) is 60.7 Å². The highest BCUT2D eigenvalue weighted by atomic mass is 35.5. The van der Waals surface area contributed by atoms with E-state index in [4.69, 9.17) is 37.4 Å². The molecule has 1 fully saturated rings. The van der Waals surface area contributed by atoms with Crippen molar-refractivity contribution in [2.75, 3.05) is 19.1 Å². The molecule has 1 amide bonds. The Hall–Kier alpha value is -2.89. The molecule has 0 unspecified atom stereocenters. The van der Waals surface area contributed by atoms with Crippen LogP contribution in [0.1, 0.15) is 17.2 Å². The number of methoxy groups -OCH3 is 2. The summed E-state index contributed by atoms with van der Waals surface area (Å²) in [5.41, 5.74) is 2.32. The molecule has 1 saturated heterocycles. The van der Waals surface area contributed by atoms with E-state index in [0.29, 0.717) is 33.0 Å². The molecule has 0 N–H and O–H groups in total. The Kier molecular flexibility index (Phi) is 5.99. The minimum atomic E-state index is -0.728. The van der Waals surface area contributed by atoms with Crippen molar-refractivity contribution in [1.29, 1.82) is 0 Å². The molecule has 1 aliphatic rings. The number of benzene rings is 3. The predicted molar refractivity (Wildman–Crippen MR) is 122 cm³/mol. The van der Waals surface area contributed by atoms with Crippen molar-refractivity contribution in [3.05, 3.63) is 81.8 Å². The van der Waals surface area contributed by atoms with Crippen molar-refractivity contribution >= 4 is 34.8 Å². The molecule has 1 heterocycles. The SMILES string of the molecule is COc1ccc([C@H]2[C@H](Oc3ccc(Cl)cc3C)C(=O)N2c2ccccc2Cl)cc1OC. The highest BCUT2D eigenvalue weighted by Gasteiger charge is 2.51. The standard InChI is InChI=1S/C24H21Cl2NO4/c1-14-12-16(25)9-11-19(14)31-23-22(15-8-10-20(29-2)21(13-15)30-3)27(24(23)28)18-7-5-4-6-17(18)26/h4-13,22-23H,1-3H3/t22-,23-/m0/s1. The number of hydrogen-bond donors (Lipinski definition) is 0. The molecule has 31 heavy (non-hydrogen) atoms. The summed E-state index contributed by atoms with van der Waals surface area (Å²) >= 11 is 12.5. The highest BCUT2D eigenvalue weighted by Crippen LogP contribution is 2.45. The van der Waals surface area contributed by atoms with Gasteiger partial charge in [-0.2, -0.15) is 0 Å². The predicted octanol–water partition coefficient (Wildman–Crippen LogP) is 5.85. The molecule has 0 aliphatic carbocycles. The van der Waals surface area contributed by atoms with Crippen molar-refractivity contribution in [2.24, 2.45) is 0 Å². The van der Waals surface area contributed by atoms with Gasteiger partial charge in [0.25, 0.3) is 5.91 Å². The second-order valence-corrected chi connectivity index (χ2v) is 8.01. The molecule has 0 bridgehead atoms. The quantitative estimate of drug-likeness (QED) is 0.435. The second kappa shape index (κ2) is 8.69. The smallest absolute Gasteiger partial charge is 0.271 e. The first-order chi connectivity index (χ1) is 14.9. The first kappa shape index (κ1) is 21.3. The van der Waals surface area contributed by atoms with Gasteiger partial charge in [-0.15, -0.1) is 0 Å². The van der Waals surface area contributed by atoms with Crippen LogP contribution in [0.3, 0.4) is 0 Å².